The number of aryl methyl sites for hydroxylation is 1. The smallest absolute Gasteiger partial charge is 0.251 e. The number of aromatic nitrogens is 4. The standard InChI is InChI=1S/C22H24ClF2N5O/c1-13-8-18(28-31-13)14-2-4-15(5-3-14)22-27-26-21-12-29(11-20(24)25)10-16-9-17(23)6-7-19(16)30(21)22/h6-9,14-15,20H,2-5,10-12H2,1H3. The summed E-state index contributed by atoms with van der Waals surface area (Å²) in [5, 5.41) is 13.7. The molecule has 6 nitrogen and oxygen atoms in total. The maximum Gasteiger partial charge on any atom is 0.251 e. The van der Waals surface area contributed by atoms with Crippen LogP contribution in [-0.4, -0.2) is 37.8 Å². The molecule has 2 aromatic heterocycles. The van der Waals surface area contributed by atoms with Gasteiger partial charge in [-0.3, -0.25) is 9.47 Å². The number of fused-ring (bicyclic) bond motifs is 3. The van der Waals surface area contributed by atoms with E-state index >= 15 is 0 Å². The lowest BCUT2D eigenvalue weighted by Crippen LogP contribution is -2.27. The van der Waals surface area contributed by atoms with Crippen LogP contribution in [-0.2, 0) is 13.1 Å². The molecule has 0 unspecified atom stereocenters. The molecule has 9 heteroatoms. The fourth-order valence-corrected chi connectivity index (χ4v) is 5.10. The van der Waals surface area contributed by atoms with E-state index in [0.717, 1.165) is 54.2 Å². The van der Waals surface area contributed by atoms with Crippen LogP contribution in [0.25, 0.3) is 5.69 Å². The Morgan fingerprint density at radius 2 is 1.87 bits per heavy atom. The monoisotopic (exact) mass is 447 g/mol. The molecule has 3 heterocycles. The zero-order valence-corrected chi connectivity index (χ0v) is 18.0. The van der Waals surface area contributed by atoms with Crippen LogP contribution in [0.1, 0.15) is 66.2 Å². The van der Waals surface area contributed by atoms with Gasteiger partial charge in [-0.1, -0.05) is 16.8 Å². The van der Waals surface area contributed by atoms with Crippen molar-refractivity contribution in [3.05, 3.63) is 58.0 Å². The van der Waals surface area contributed by atoms with Gasteiger partial charge in [0.05, 0.1) is 24.5 Å². The molecule has 1 fully saturated rings. The fraction of sp³-hybridized carbons (Fsp3) is 0.500. The van der Waals surface area contributed by atoms with Crippen molar-refractivity contribution in [2.24, 2.45) is 0 Å². The van der Waals surface area contributed by atoms with Gasteiger partial charge in [-0.15, -0.1) is 10.2 Å². The number of benzene rings is 1. The molecule has 0 radical (unpaired) electrons. The van der Waals surface area contributed by atoms with Crippen molar-refractivity contribution >= 4 is 11.6 Å². The topological polar surface area (TPSA) is 60.0 Å². The van der Waals surface area contributed by atoms with Gasteiger partial charge in [0.1, 0.15) is 11.6 Å². The molecule has 3 aromatic rings. The summed E-state index contributed by atoms with van der Waals surface area (Å²) in [4.78, 5) is 1.71. The van der Waals surface area contributed by atoms with E-state index in [0.29, 0.717) is 29.9 Å². The molecule has 0 spiro atoms. The number of nitrogens with zero attached hydrogens (tertiary/aromatic N) is 5. The minimum atomic E-state index is -2.41. The van der Waals surface area contributed by atoms with Gasteiger partial charge in [0.2, 0.25) is 0 Å². The first-order chi connectivity index (χ1) is 15.0. The first-order valence-electron chi connectivity index (χ1n) is 10.6. The van der Waals surface area contributed by atoms with Gasteiger partial charge in [-0.2, -0.15) is 0 Å². The van der Waals surface area contributed by atoms with E-state index in [1.54, 1.807) is 4.90 Å². The molecule has 2 aliphatic rings. The summed E-state index contributed by atoms with van der Waals surface area (Å²) in [5.41, 5.74) is 2.88. The average molecular weight is 448 g/mol. The fourth-order valence-electron chi connectivity index (χ4n) is 4.90. The Labute approximate surface area is 184 Å². The lowest BCUT2D eigenvalue weighted by Gasteiger charge is -2.27. The molecule has 0 N–H and O–H groups in total. The molecule has 164 valence electrons. The predicted molar refractivity (Wildman–Crippen MR) is 112 cm³/mol. The lowest BCUT2D eigenvalue weighted by molar-refractivity contribution is 0.0804. The molecular formula is C22H24ClF2N5O. The normalized spacial score (nSPS) is 21.7. The molecule has 1 aliphatic carbocycles. The van der Waals surface area contributed by atoms with Gasteiger partial charge in [0.15, 0.2) is 5.82 Å². The number of hydrogen-bond donors (Lipinski definition) is 0. The minimum Gasteiger partial charge on any atom is -0.361 e. The summed E-state index contributed by atoms with van der Waals surface area (Å²) in [7, 11) is 0. The molecule has 0 saturated heterocycles. The molecule has 0 amide bonds. The molecule has 5 rings (SSSR count). The second-order valence-corrected chi connectivity index (χ2v) is 8.99. The number of rotatable bonds is 4. The van der Waals surface area contributed by atoms with Gasteiger partial charge in [-0.25, -0.2) is 8.78 Å². The highest BCUT2D eigenvalue weighted by Gasteiger charge is 2.32. The summed E-state index contributed by atoms with van der Waals surface area (Å²) < 4.78 is 33.6. The van der Waals surface area contributed by atoms with Crippen molar-refractivity contribution in [2.75, 3.05) is 6.54 Å². The maximum atomic E-state index is 13.1. The van der Waals surface area contributed by atoms with Gasteiger partial charge in [-0.05, 0) is 56.4 Å². The summed E-state index contributed by atoms with van der Waals surface area (Å²) in [6.45, 7) is 2.34. The number of halogens is 3. The van der Waals surface area contributed by atoms with Crippen molar-refractivity contribution in [1.82, 2.24) is 24.8 Å². The molecule has 1 saturated carbocycles. The van der Waals surface area contributed by atoms with E-state index in [4.69, 9.17) is 16.1 Å². The van der Waals surface area contributed by atoms with Crippen LogP contribution in [0.3, 0.4) is 0 Å². The maximum absolute atomic E-state index is 13.1. The Morgan fingerprint density at radius 1 is 1.10 bits per heavy atom. The molecule has 0 bridgehead atoms. The zero-order chi connectivity index (χ0) is 21.5. The van der Waals surface area contributed by atoms with Crippen LogP contribution < -0.4 is 0 Å². The van der Waals surface area contributed by atoms with Crippen LogP contribution in [0.2, 0.25) is 5.02 Å². The Hall–Kier alpha value is -2.32. The van der Waals surface area contributed by atoms with Crippen LogP contribution in [0, 0.1) is 6.92 Å². The predicted octanol–water partition coefficient (Wildman–Crippen LogP) is 5.24. The van der Waals surface area contributed by atoms with Crippen LogP contribution in [0.15, 0.2) is 28.8 Å². The SMILES string of the molecule is Cc1cc(C2CCC(c3nnc4n3-c3ccc(Cl)cc3CN(CC(F)F)C4)CC2)no1. The quantitative estimate of drug-likeness (QED) is 0.547. The first kappa shape index (κ1) is 20.6. The lowest BCUT2D eigenvalue weighted by atomic mass is 9.80. The van der Waals surface area contributed by atoms with Gasteiger partial charge in [0, 0.05) is 29.5 Å². The first-order valence-corrected chi connectivity index (χ1v) is 11.0. The van der Waals surface area contributed by atoms with Crippen LogP contribution in [0.5, 0.6) is 0 Å². The van der Waals surface area contributed by atoms with Crippen molar-refractivity contribution in [3.63, 3.8) is 0 Å². The van der Waals surface area contributed by atoms with Gasteiger partial charge >= 0.3 is 0 Å². The third-order valence-corrected chi connectivity index (χ3v) is 6.58. The molecule has 0 atom stereocenters. The van der Waals surface area contributed by atoms with E-state index in [1.807, 2.05) is 31.2 Å². The number of hydrogen-bond acceptors (Lipinski definition) is 5. The molecular weight excluding hydrogens is 424 g/mol. The van der Waals surface area contributed by atoms with Gasteiger partial charge in [0.25, 0.3) is 6.43 Å². The Balaban J connectivity index is 1.44. The summed E-state index contributed by atoms with van der Waals surface area (Å²) in [6.07, 6.45) is 1.54. The summed E-state index contributed by atoms with van der Waals surface area (Å²) >= 11 is 6.23. The largest absolute Gasteiger partial charge is 0.361 e. The second kappa shape index (κ2) is 8.31. The summed E-state index contributed by atoms with van der Waals surface area (Å²) in [6, 6.07) is 7.66. The summed E-state index contributed by atoms with van der Waals surface area (Å²) in [5.74, 6) is 3.10. The Morgan fingerprint density at radius 3 is 2.58 bits per heavy atom. The van der Waals surface area contributed by atoms with E-state index in [2.05, 4.69) is 19.9 Å². The molecule has 31 heavy (non-hydrogen) atoms. The zero-order valence-electron chi connectivity index (χ0n) is 17.3. The minimum absolute atomic E-state index is 0.260. The Kier molecular flexibility index (Phi) is 5.52. The third kappa shape index (κ3) is 4.11. The van der Waals surface area contributed by atoms with E-state index in [1.165, 1.54) is 0 Å². The van der Waals surface area contributed by atoms with E-state index in [-0.39, 0.29) is 12.5 Å². The highest BCUT2D eigenvalue weighted by Crippen LogP contribution is 2.41. The highest BCUT2D eigenvalue weighted by molar-refractivity contribution is 6.30. The van der Waals surface area contributed by atoms with Crippen molar-refractivity contribution in [2.45, 2.75) is 64.0 Å². The molecule has 1 aromatic carbocycles. The highest BCUT2D eigenvalue weighted by atomic mass is 35.5. The van der Waals surface area contributed by atoms with E-state index in [9.17, 15) is 8.78 Å². The van der Waals surface area contributed by atoms with E-state index < -0.39 is 6.43 Å². The van der Waals surface area contributed by atoms with Crippen LogP contribution in [0.4, 0.5) is 8.78 Å². The number of alkyl halides is 2. The second-order valence-electron chi connectivity index (χ2n) is 8.55. The Bertz CT molecular complexity index is 1070. The average Bonchev–Trinajstić information content (AvgIpc) is 3.31. The van der Waals surface area contributed by atoms with Crippen molar-refractivity contribution < 1.29 is 13.3 Å². The van der Waals surface area contributed by atoms with Crippen molar-refractivity contribution in [3.8, 4) is 5.69 Å². The van der Waals surface area contributed by atoms with Gasteiger partial charge < -0.3 is 4.52 Å². The molecule has 1 aliphatic heterocycles. The van der Waals surface area contributed by atoms with Crippen molar-refractivity contribution in [1.29, 1.82) is 0 Å². The third-order valence-electron chi connectivity index (χ3n) is 6.35. The van der Waals surface area contributed by atoms with Crippen LogP contribution >= 0.6 is 11.6 Å².